The molecule has 0 bridgehead atoms. The van der Waals surface area contributed by atoms with Crippen LogP contribution in [0.3, 0.4) is 0 Å². The number of nitrogens with two attached hydrogens (primary N) is 3. The molecular formula is C24H31N5O7. The lowest BCUT2D eigenvalue weighted by Crippen LogP contribution is -2.33. The zero-order chi connectivity index (χ0) is 27.1. The number of aromatic nitrogens is 2. The number of hydrogen-bond donors (Lipinski definition) is 9. The number of carboxylic acid groups (broad SMARTS) is 3. The second-order valence-electron chi connectivity index (χ2n) is 7.30. The van der Waals surface area contributed by atoms with E-state index in [-0.39, 0.29) is 6.54 Å². The molecule has 12 N–H and O–H groups in total. The van der Waals surface area contributed by atoms with Gasteiger partial charge in [-0.05, 0) is 29.1 Å². The smallest absolute Gasteiger partial charge is 0.322 e. The van der Waals surface area contributed by atoms with Crippen LogP contribution in [-0.4, -0.2) is 73.5 Å². The molecule has 2 atom stereocenters. The topological polar surface area (TPSA) is 242 Å². The van der Waals surface area contributed by atoms with Crippen LogP contribution in [0.15, 0.2) is 67.0 Å². The van der Waals surface area contributed by atoms with E-state index in [9.17, 15) is 14.4 Å². The highest BCUT2D eigenvalue weighted by molar-refractivity contribution is 5.84. The first-order valence-electron chi connectivity index (χ1n) is 10.7. The fourth-order valence-corrected chi connectivity index (χ4v) is 2.70. The maximum Gasteiger partial charge on any atom is 0.322 e. The summed E-state index contributed by atoms with van der Waals surface area (Å²) in [5.41, 5.74) is 18.0. The van der Waals surface area contributed by atoms with Gasteiger partial charge in [0.05, 0.1) is 13.2 Å². The number of para-hydroxylation sites is 2. The Morgan fingerprint density at radius 3 is 1.86 bits per heavy atom. The van der Waals surface area contributed by atoms with E-state index in [1.54, 1.807) is 0 Å². The molecule has 0 radical (unpaired) electrons. The normalized spacial score (nSPS) is 11.6. The van der Waals surface area contributed by atoms with Crippen molar-refractivity contribution in [3.8, 4) is 0 Å². The maximum atomic E-state index is 10.6. The van der Waals surface area contributed by atoms with E-state index >= 15 is 0 Å². The Labute approximate surface area is 206 Å². The minimum atomic E-state index is -1.18. The van der Waals surface area contributed by atoms with Gasteiger partial charge < -0.3 is 47.6 Å². The molecular weight excluding hydrogens is 470 g/mol. The van der Waals surface area contributed by atoms with Crippen molar-refractivity contribution in [3.63, 3.8) is 0 Å². The molecule has 0 fully saturated rings. The SMILES string of the molecule is NCC(=O)O.N[C@@H](CO)C(=O)O.N[C@@H](Cc1c[nH]c2ccccc12)C(=O)O.c1ccc2[nH]ccc2c1. The Balaban J connectivity index is 0.000000264. The van der Waals surface area contributed by atoms with Gasteiger partial charge in [0.1, 0.15) is 12.1 Å². The van der Waals surface area contributed by atoms with Gasteiger partial charge >= 0.3 is 17.9 Å². The number of aliphatic carboxylic acids is 3. The molecule has 36 heavy (non-hydrogen) atoms. The molecule has 194 valence electrons. The molecule has 4 aromatic rings. The molecule has 2 aromatic carbocycles. The fraction of sp³-hybridized carbons (Fsp3) is 0.208. The minimum Gasteiger partial charge on any atom is -0.480 e. The van der Waals surface area contributed by atoms with Crippen LogP contribution in [0, 0.1) is 0 Å². The van der Waals surface area contributed by atoms with Gasteiger partial charge in [-0.3, -0.25) is 14.4 Å². The fourth-order valence-electron chi connectivity index (χ4n) is 2.70. The first kappa shape index (κ1) is 29.8. The van der Waals surface area contributed by atoms with Gasteiger partial charge in [-0.25, -0.2) is 0 Å². The summed E-state index contributed by atoms with van der Waals surface area (Å²) in [5, 5.41) is 34.5. The summed E-state index contributed by atoms with van der Waals surface area (Å²) in [4.78, 5) is 35.7. The van der Waals surface area contributed by atoms with E-state index in [4.69, 9.17) is 31.9 Å². The van der Waals surface area contributed by atoms with E-state index in [2.05, 4.69) is 33.9 Å². The van der Waals surface area contributed by atoms with Gasteiger partial charge in [-0.2, -0.15) is 0 Å². The highest BCUT2D eigenvalue weighted by Crippen LogP contribution is 2.18. The molecule has 0 aliphatic carbocycles. The molecule has 2 heterocycles. The molecule has 0 unspecified atom stereocenters. The number of rotatable bonds is 6. The Morgan fingerprint density at radius 1 is 0.806 bits per heavy atom. The molecule has 2 aromatic heterocycles. The molecule has 12 heteroatoms. The van der Waals surface area contributed by atoms with E-state index in [1.807, 2.05) is 48.8 Å². The summed E-state index contributed by atoms with van der Waals surface area (Å²) in [6.45, 7) is -0.782. The van der Waals surface area contributed by atoms with Crippen molar-refractivity contribution in [2.45, 2.75) is 18.5 Å². The van der Waals surface area contributed by atoms with Gasteiger partial charge in [0, 0.05) is 35.2 Å². The predicted octanol–water partition coefficient (Wildman–Crippen LogP) is 0.711. The molecule has 12 nitrogen and oxygen atoms in total. The van der Waals surface area contributed by atoms with Crippen LogP contribution in [0.1, 0.15) is 5.56 Å². The second-order valence-corrected chi connectivity index (χ2v) is 7.30. The van der Waals surface area contributed by atoms with Gasteiger partial charge in [-0.1, -0.05) is 36.4 Å². The summed E-state index contributed by atoms with van der Waals surface area (Å²) in [5.74, 6) is -3.12. The number of carbonyl (C=O) groups is 3. The minimum absolute atomic E-state index is 0.278. The van der Waals surface area contributed by atoms with Crippen LogP contribution in [0.2, 0.25) is 0 Å². The van der Waals surface area contributed by atoms with Crippen LogP contribution in [0.25, 0.3) is 21.8 Å². The highest BCUT2D eigenvalue weighted by Gasteiger charge is 2.14. The first-order valence-corrected chi connectivity index (χ1v) is 10.7. The van der Waals surface area contributed by atoms with E-state index in [1.165, 1.54) is 10.9 Å². The van der Waals surface area contributed by atoms with Crippen molar-refractivity contribution in [2.24, 2.45) is 17.2 Å². The molecule has 0 spiro atoms. The number of aromatic amines is 2. The third kappa shape index (κ3) is 10.4. The van der Waals surface area contributed by atoms with Crippen LogP contribution >= 0.6 is 0 Å². The second kappa shape index (κ2) is 15.6. The number of H-pyrrole nitrogens is 2. The number of benzene rings is 2. The van der Waals surface area contributed by atoms with Gasteiger partial charge in [0.2, 0.25) is 0 Å². The number of nitrogens with one attached hydrogen (secondary N) is 2. The van der Waals surface area contributed by atoms with Crippen molar-refractivity contribution in [2.75, 3.05) is 13.2 Å². The summed E-state index contributed by atoms with van der Waals surface area (Å²) < 4.78 is 0. The monoisotopic (exact) mass is 501 g/mol. The van der Waals surface area contributed by atoms with Crippen LogP contribution in [-0.2, 0) is 20.8 Å². The molecule has 4 rings (SSSR count). The summed E-state index contributed by atoms with van der Waals surface area (Å²) >= 11 is 0. The standard InChI is InChI=1S/C11H12N2O2.C8H7N.C3H7NO3.C2H5NO2/c12-9(11(14)15)5-7-6-13-10-4-2-1-3-8(7)10;1-2-4-8-7(3-1)5-6-9-8;4-2(1-5)3(6)7;3-1-2(4)5/h1-4,6,9,13H,5,12H2,(H,14,15);1-6,9H;2,5H,1,4H2,(H,6,7);1,3H2,(H,4,5)/t9-;;2-;/m0.0./s1. The number of aliphatic hydroxyl groups excluding tert-OH is 1. The predicted molar refractivity (Wildman–Crippen MR) is 135 cm³/mol. The van der Waals surface area contributed by atoms with E-state index in [0.29, 0.717) is 6.42 Å². The summed E-state index contributed by atoms with van der Waals surface area (Å²) in [6.07, 6.45) is 4.11. The summed E-state index contributed by atoms with van der Waals surface area (Å²) in [7, 11) is 0. The molecule has 0 saturated heterocycles. The first-order chi connectivity index (χ1) is 17.1. The zero-order valence-electron chi connectivity index (χ0n) is 19.4. The third-order valence-corrected chi connectivity index (χ3v) is 4.58. The van der Waals surface area contributed by atoms with Crippen LogP contribution in [0.5, 0.6) is 0 Å². The Bertz CT molecular complexity index is 1210. The number of hydrogen-bond acceptors (Lipinski definition) is 7. The van der Waals surface area contributed by atoms with Crippen molar-refractivity contribution >= 4 is 39.7 Å². The number of carboxylic acids is 3. The summed E-state index contributed by atoms with van der Waals surface area (Å²) in [6, 6.07) is 16.1. The molecule has 0 saturated carbocycles. The average Bonchev–Trinajstić information content (AvgIpc) is 3.52. The molecule has 0 aliphatic heterocycles. The van der Waals surface area contributed by atoms with Gasteiger partial charge in [-0.15, -0.1) is 0 Å². The number of aliphatic hydroxyl groups is 1. The zero-order valence-corrected chi connectivity index (χ0v) is 19.4. The average molecular weight is 502 g/mol. The Hall–Kier alpha value is -4.23. The third-order valence-electron chi connectivity index (χ3n) is 4.58. The van der Waals surface area contributed by atoms with Crippen molar-refractivity contribution < 1.29 is 34.8 Å². The van der Waals surface area contributed by atoms with Crippen LogP contribution < -0.4 is 17.2 Å². The van der Waals surface area contributed by atoms with Crippen LogP contribution in [0.4, 0.5) is 0 Å². The largest absolute Gasteiger partial charge is 0.480 e. The lowest BCUT2D eigenvalue weighted by Gasteiger charge is -2.04. The van der Waals surface area contributed by atoms with E-state index < -0.39 is 36.6 Å². The van der Waals surface area contributed by atoms with Gasteiger partial charge in [0.15, 0.2) is 0 Å². The van der Waals surface area contributed by atoms with Crippen molar-refractivity contribution in [3.05, 3.63) is 72.6 Å². The quantitative estimate of drug-likeness (QED) is 0.179. The Morgan fingerprint density at radius 2 is 1.36 bits per heavy atom. The van der Waals surface area contributed by atoms with E-state index in [0.717, 1.165) is 16.5 Å². The molecule has 0 amide bonds. The van der Waals surface area contributed by atoms with Crippen molar-refractivity contribution in [1.82, 2.24) is 9.97 Å². The lowest BCUT2D eigenvalue weighted by molar-refractivity contribution is -0.140. The van der Waals surface area contributed by atoms with Gasteiger partial charge in [0.25, 0.3) is 0 Å². The molecule has 0 aliphatic rings. The lowest BCUT2D eigenvalue weighted by atomic mass is 10.1. The maximum absolute atomic E-state index is 10.6. The number of fused-ring (bicyclic) bond motifs is 2. The Kier molecular flexibility index (Phi) is 12.9. The van der Waals surface area contributed by atoms with Crippen molar-refractivity contribution in [1.29, 1.82) is 0 Å². The highest BCUT2D eigenvalue weighted by atomic mass is 16.4.